The number of halogens is 3. The smallest absolute Gasteiger partial charge is 0.416 e. The van der Waals surface area contributed by atoms with Crippen molar-refractivity contribution in [1.82, 2.24) is 5.43 Å². The van der Waals surface area contributed by atoms with E-state index in [1.54, 1.807) is 0 Å². The quantitative estimate of drug-likeness (QED) is 0.316. The SMILES string of the molecule is O=C(N/N=C/c1ccc(O)c([N+](=O)[O-])c1)C(=O)Nc1cccc(C(F)(F)F)c1. The molecule has 2 rings (SSSR count). The molecule has 2 amide bonds. The number of alkyl halides is 3. The number of hydrogen-bond acceptors (Lipinski definition) is 6. The maximum atomic E-state index is 12.6. The molecule has 0 bridgehead atoms. The lowest BCUT2D eigenvalue weighted by Crippen LogP contribution is -2.32. The summed E-state index contributed by atoms with van der Waals surface area (Å²) < 4.78 is 37.9. The largest absolute Gasteiger partial charge is 0.502 e. The minimum absolute atomic E-state index is 0.142. The Balaban J connectivity index is 2.00. The van der Waals surface area contributed by atoms with Crippen LogP contribution < -0.4 is 10.7 Å². The molecule has 28 heavy (non-hydrogen) atoms. The first kappa shape index (κ1) is 20.4. The number of nitrogens with zero attached hydrogens (tertiary/aromatic N) is 2. The number of hydrazone groups is 1. The second-order valence-corrected chi connectivity index (χ2v) is 5.24. The summed E-state index contributed by atoms with van der Waals surface area (Å²) in [5.74, 6) is -3.11. The normalized spacial score (nSPS) is 11.2. The molecule has 0 saturated heterocycles. The molecule has 0 spiro atoms. The number of carbonyl (C=O) groups excluding carboxylic acids is 2. The van der Waals surface area contributed by atoms with Gasteiger partial charge in [-0.15, -0.1) is 0 Å². The maximum Gasteiger partial charge on any atom is 0.416 e. The van der Waals surface area contributed by atoms with Crippen molar-refractivity contribution >= 4 is 29.4 Å². The Morgan fingerprint density at radius 2 is 1.86 bits per heavy atom. The van der Waals surface area contributed by atoms with Crippen molar-refractivity contribution in [3.05, 3.63) is 63.7 Å². The van der Waals surface area contributed by atoms with Crippen LogP contribution in [0.25, 0.3) is 0 Å². The highest BCUT2D eigenvalue weighted by Crippen LogP contribution is 2.30. The van der Waals surface area contributed by atoms with E-state index >= 15 is 0 Å². The summed E-state index contributed by atoms with van der Waals surface area (Å²) in [6.45, 7) is 0. The van der Waals surface area contributed by atoms with Gasteiger partial charge in [-0.2, -0.15) is 18.3 Å². The van der Waals surface area contributed by atoms with Crippen LogP contribution in [0.15, 0.2) is 47.6 Å². The highest BCUT2D eigenvalue weighted by molar-refractivity contribution is 6.39. The van der Waals surface area contributed by atoms with Crippen LogP contribution >= 0.6 is 0 Å². The standard InChI is InChI=1S/C16H11F3N4O5/c17-16(18,19)10-2-1-3-11(7-10)21-14(25)15(26)22-20-8-9-4-5-13(24)12(6-9)23(27)28/h1-8,24H,(H,21,25)(H,22,26)/b20-8+. The van der Waals surface area contributed by atoms with E-state index in [1.807, 2.05) is 10.7 Å². The van der Waals surface area contributed by atoms with Crippen LogP contribution in [0.3, 0.4) is 0 Å². The summed E-state index contributed by atoms with van der Waals surface area (Å²) in [5, 5.41) is 25.4. The van der Waals surface area contributed by atoms with Crippen molar-refractivity contribution in [3.63, 3.8) is 0 Å². The molecule has 0 radical (unpaired) electrons. The zero-order valence-corrected chi connectivity index (χ0v) is 13.7. The Kier molecular flexibility index (Phi) is 5.93. The Hall–Kier alpha value is -3.96. The zero-order valence-electron chi connectivity index (χ0n) is 13.7. The summed E-state index contributed by atoms with van der Waals surface area (Å²) in [4.78, 5) is 33.2. The van der Waals surface area contributed by atoms with Crippen LogP contribution in [0.1, 0.15) is 11.1 Å². The summed E-state index contributed by atoms with van der Waals surface area (Å²) >= 11 is 0. The number of aromatic hydroxyl groups is 1. The van der Waals surface area contributed by atoms with Crippen LogP contribution in [0.4, 0.5) is 24.5 Å². The number of carbonyl (C=O) groups is 2. The van der Waals surface area contributed by atoms with Gasteiger partial charge in [0.1, 0.15) is 0 Å². The fraction of sp³-hybridized carbons (Fsp3) is 0.0625. The molecule has 3 N–H and O–H groups in total. The summed E-state index contributed by atoms with van der Waals surface area (Å²) in [5.41, 5.74) is 0.135. The molecule has 2 aromatic rings. The average molecular weight is 396 g/mol. The zero-order chi connectivity index (χ0) is 20.9. The van der Waals surface area contributed by atoms with E-state index in [0.29, 0.717) is 6.07 Å². The second kappa shape index (κ2) is 8.16. The van der Waals surface area contributed by atoms with Crippen molar-refractivity contribution in [2.45, 2.75) is 6.18 Å². The number of rotatable bonds is 4. The molecule has 2 aromatic carbocycles. The molecule has 9 nitrogen and oxygen atoms in total. The summed E-state index contributed by atoms with van der Waals surface area (Å²) in [6, 6.07) is 6.97. The van der Waals surface area contributed by atoms with Crippen molar-refractivity contribution in [3.8, 4) is 5.75 Å². The van der Waals surface area contributed by atoms with E-state index in [1.165, 1.54) is 12.1 Å². The number of nitro groups is 1. The van der Waals surface area contributed by atoms with E-state index < -0.39 is 39.9 Å². The predicted molar refractivity (Wildman–Crippen MR) is 90.6 cm³/mol. The molecule has 0 aliphatic carbocycles. The molecule has 0 aliphatic heterocycles. The van der Waals surface area contributed by atoms with E-state index in [-0.39, 0.29) is 11.3 Å². The van der Waals surface area contributed by atoms with Crippen molar-refractivity contribution < 1.29 is 32.8 Å². The lowest BCUT2D eigenvalue weighted by Gasteiger charge is -2.09. The third kappa shape index (κ3) is 5.27. The van der Waals surface area contributed by atoms with Crippen molar-refractivity contribution in [2.24, 2.45) is 5.10 Å². The number of anilines is 1. The van der Waals surface area contributed by atoms with Gasteiger partial charge in [-0.3, -0.25) is 19.7 Å². The summed E-state index contributed by atoms with van der Waals surface area (Å²) in [7, 11) is 0. The molecule has 0 unspecified atom stereocenters. The average Bonchev–Trinajstić information content (AvgIpc) is 2.62. The molecular formula is C16H11F3N4O5. The number of phenols is 1. The Morgan fingerprint density at radius 3 is 2.50 bits per heavy atom. The Bertz CT molecular complexity index is 960. The number of hydrogen-bond donors (Lipinski definition) is 3. The maximum absolute atomic E-state index is 12.6. The molecule has 0 fully saturated rings. The number of phenolic OH excluding ortho intramolecular Hbond substituents is 1. The minimum Gasteiger partial charge on any atom is -0.502 e. The number of benzene rings is 2. The van der Waals surface area contributed by atoms with Crippen LogP contribution in [0.5, 0.6) is 5.75 Å². The first-order chi connectivity index (χ1) is 13.1. The van der Waals surface area contributed by atoms with Gasteiger partial charge in [-0.1, -0.05) is 6.07 Å². The van der Waals surface area contributed by atoms with Gasteiger partial charge >= 0.3 is 23.7 Å². The summed E-state index contributed by atoms with van der Waals surface area (Å²) in [6.07, 6.45) is -3.64. The van der Waals surface area contributed by atoms with Gasteiger partial charge in [0.15, 0.2) is 5.75 Å². The highest BCUT2D eigenvalue weighted by Gasteiger charge is 2.30. The van der Waals surface area contributed by atoms with E-state index in [9.17, 15) is 38.0 Å². The van der Waals surface area contributed by atoms with Gasteiger partial charge in [-0.25, -0.2) is 5.43 Å². The van der Waals surface area contributed by atoms with Crippen molar-refractivity contribution in [2.75, 3.05) is 5.32 Å². The van der Waals surface area contributed by atoms with Gasteiger partial charge in [0.25, 0.3) is 0 Å². The number of nitro benzene ring substituents is 1. The number of amides is 2. The predicted octanol–water partition coefficient (Wildman–Crippen LogP) is 2.41. The van der Waals surface area contributed by atoms with Crippen LogP contribution in [0.2, 0.25) is 0 Å². The van der Waals surface area contributed by atoms with Gasteiger partial charge in [0.05, 0.1) is 16.7 Å². The van der Waals surface area contributed by atoms with Gasteiger partial charge in [0.2, 0.25) is 0 Å². The molecule has 0 heterocycles. The Morgan fingerprint density at radius 1 is 1.14 bits per heavy atom. The third-order valence-corrected chi connectivity index (χ3v) is 3.23. The van der Waals surface area contributed by atoms with Crippen LogP contribution in [-0.2, 0) is 15.8 Å². The lowest BCUT2D eigenvalue weighted by atomic mass is 10.2. The molecule has 0 saturated carbocycles. The fourth-order valence-corrected chi connectivity index (χ4v) is 1.94. The molecule has 12 heteroatoms. The van der Waals surface area contributed by atoms with Gasteiger partial charge in [0, 0.05) is 17.3 Å². The highest BCUT2D eigenvalue weighted by atomic mass is 19.4. The first-order valence-corrected chi connectivity index (χ1v) is 7.37. The van der Waals surface area contributed by atoms with E-state index in [2.05, 4.69) is 5.10 Å². The second-order valence-electron chi connectivity index (χ2n) is 5.24. The number of nitrogens with one attached hydrogen (secondary N) is 2. The Labute approximate surface area is 154 Å². The van der Waals surface area contributed by atoms with Crippen molar-refractivity contribution in [1.29, 1.82) is 0 Å². The fourth-order valence-electron chi connectivity index (χ4n) is 1.94. The molecule has 0 atom stereocenters. The molecular weight excluding hydrogens is 385 g/mol. The third-order valence-electron chi connectivity index (χ3n) is 3.23. The van der Waals surface area contributed by atoms with Gasteiger partial charge in [-0.05, 0) is 30.3 Å². The molecule has 0 aliphatic rings. The van der Waals surface area contributed by atoms with E-state index in [4.69, 9.17) is 0 Å². The first-order valence-electron chi connectivity index (χ1n) is 7.37. The minimum atomic E-state index is -4.61. The van der Waals surface area contributed by atoms with E-state index in [0.717, 1.165) is 30.5 Å². The van der Waals surface area contributed by atoms with Crippen LogP contribution in [-0.4, -0.2) is 28.1 Å². The monoisotopic (exact) mass is 396 g/mol. The molecule has 146 valence electrons. The van der Waals surface area contributed by atoms with Gasteiger partial charge < -0.3 is 10.4 Å². The molecule has 0 aromatic heterocycles. The van der Waals surface area contributed by atoms with Crippen LogP contribution in [0, 0.1) is 10.1 Å². The lowest BCUT2D eigenvalue weighted by molar-refractivity contribution is -0.385. The topological polar surface area (TPSA) is 134 Å².